The molecule has 1 fully saturated rings. The SMILES string of the molecule is CC(=O)c1cccc(OC[C@@H](O)CN2C(=O)N[C@@](C)(c3ccc(Cl)cc3)C2=O)c1. The van der Waals surface area contributed by atoms with Crippen molar-refractivity contribution < 1.29 is 24.2 Å². The number of carbonyl (C=O) groups is 3. The Hall–Kier alpha value is -2.90. The molecule has 1 aliphatic rings. The molecule has 1 heterocycles. The van der Waals surface area contributed by atoms with Crippen molar-refractivity contribution >= 4 is 29.3 Å². The summed E-state index contributed by atoms with van der Waals surface area (Å²) in [5, 5.41) is 13.5. The highest BCUT2D eigenvalue weighted by molar-refractivity contribution is 6.30. The Labute approximate surface area is 173 Å². The molecule has 0 bridgehead atoms. The van der Waals surface area contributed by atoms with E-state index < -0.39 is 23.6 Å². The fourth-order valence-electron chi connectivity index (χ4n) is 3.10. The van der Waals surface area contributed by atoms with E-state index >= 15 is 0 Å². The summed E-state index contributed by atoms with van der Waals surface area (Å²) in [6.07, 6.45) is -1.10. The van der Waals surface area contributed by atoms with Gasteiger partial charge in [0.2, 0.25) is 0 Å². The van der Waals surface area contributed by atoms with Crippen molar-refractivity contribution in [1.29, 1.82) is 0 Å². The molecule has 2 aromatic rings. The van der Waals surface area contributed by atoms with Crippen LogP contribution in [0.5, 0.6) is 5.75 Å². The van der Waals surface area contributed by atoms with Gasteiger partial charge >= 0.3 is 6.03 Å². The first-order valence-corrected chi connectivity index (χ1v) is 9.40. The number of β-amino-alcohol motifs (C(OH)–C–C–N with tert-alkyl or cyclic N) is 1. The van der Waals surface area contributed by atoms with E-state index in [0.29, 0.717) is 21.9 Å². The van der Waals surface area contributed by atoms with E-state index in [1.165, 1.54) is 6.92 Å². The first-order valence-electron chi connectivity index (χ1n) is 9.03. The number of hydrogen-bond acceptors (Lipinski definition) is 5. The zero-order valence-corrected chi connectivity index (χ0v) is 16.8. The minimum Gasteiger partial charge on any atom is -0.491 e. The molecule has 3 amide bonds. The van der Waals surface area contributed by atoms with Crippen LogP contribution in [-0.2, 0) is 10.3 Å². The Morgan fingerprint density at radius 1 is 1.24 bits per heavy atom. The van der Waals surface area contributed by atoms with Gasteiger partial charge in [0, 0.05) is 10.6 Å². The Bertz CT molecular complexity index is 946. The summed E-state index contributed by atoms with van der Waals surface area (Å²) in [7, 11) is 0. The molecule has 0 saturated carbocycles. The highest BCUT2D eigenvalue weighted by Gasteiger charge is 2.49. The Kier molecular flexibility index (Phi) is 5.91. The lowest BCUT2D eigenvalue weighted by Gasteiger charge is -2.23. The lowest BCUT2D eigenvalue weighted by molar-refractivity contribution is -0.132. The average Bonchev–Trinajstić information content (AvgIpc) is 2.91. The second-order valence-corrected chi connectivity index (χ2v) is 7.46. The van der Waals surface area contributed by atoms with Crippen molar-refractivity contribution in [2.45, 2.75) is 25.5 Å². The zero-order chi connectivity index (χ0) is 21.2. The topological polar surface area (TPSA) is 95.9 Å². The highest BCUT2D eigenvalue weighted by atomic mass is 35.5. The Balaban J connectivity index is 1.64. The first kappa shape index (κ1) is 20.8. The maximum atomic E-state index is 12.9. The van der Waals surface area contributed by atoms with Crippen LogP contribution < -0.4 is 10.1 Å². The van der Waals surface area contributed by atoms with E-state index in [4.69, 9.17) is 16.3 Å². The average molecular weight is 417 g/mol. The highest BCUT2D eigenvalue weighted by Crippen LogP contribution is 2.29. The number of Topliss-reactive ketones (excluding diaryl/α,β-unsaturated/α-hetero) is 1. The number of ketones is 1. The van der Waals surface area contributed by atoms with Crippen molar-refractivity contribution in [3.05, 3.63) is 64.7 Å². The molecular weight excluding hydrogens is 396 g/mol. The fourth-order valence-corrected chi connectivity index (χ4v) is 3.23. The van der Waals surface area contributed by atoms with Crippen LogP contribution in [0.4, 0.5) is 4.79 Å². The van der Waals surface area contributed by atoms with Crippen LogP contribution in [0.2, 0.25) is 5.02 Å². The third-order valence-corrected chi connectivity index (χ3v) is 5.02. The molecule has 2 aromatic carbocycles. The summed E-state index contributed by atoms with van der Waals surface area (Å²) in [5.74, 6) is -0.153. The predicted octanol–water partition coefficient (Wildman–Crippen LogP) is 2.75. The smallest absolute Gasteiger partial charge is 0.325 e. The van der Waals surface area contributed by atoms with Crippen LogP contribution >= 0.6 is 11.6 Å². The van der Waals surface area contributed by atoms with Crippen LogP contribution in [0, 0.1) is 0 Å². The van der Waals surface area contributed by atoms with Gasteiger partial charge in [-0.2, -0.15) is 0 Å². The van der Waals surface area contributed by atoms with E-state index in [-0.39, 0.29) is 18.9 Å². The summed E-state index contributed by atoms with van der Waals surface area (Å²) in [6, 6.07) is 12.6. The summed E-state index contributed by atoms with van der Waals surface area (Å²) in [5.41, 5.74) is -0.155. The van der Waals surface area contributed by atoms with E-state index in [0.717, 1.165) is 4.90 Å². The molecule has 2 N–H and O–H groups in total. The van der Waals surface area contributed by atoms with Crippen LogP contribution in [0.3, 0.4) is 0 Å². The Morgan fingerprint density at radius 2 is 1.93 bits per heavy atom. The summed E-state index contributed by atoms with van der Waals surface area (Å²) >= 11 is 5.89. The van der Waals surface area contributed by atoms with Gasteiger partial charge in [-0.05, 0) is 43.7 Å². The molecular formula is C21H21ClN2O5. The molecule has 152 valence electrons. The van der Waals surface area contributed by atoms with Crippen molar-refractivity contribution in [3.8, 4) is 5.75 Å². The minimum absolute atomic E-state index is 0.100. The van der Waals surface area contributed by atoms with Crippen molar-refractivity contribution in [3.63, 3.8) is 0 Å². The van der Waals surface area contributed by atoms with Gasteiger partial charge in [0.05, 0.1) is 6.54 Å². The van der Waals surface area contributed by atoms with Gasteiger partial charge < -0.3 is 15.2 Å². The van der Waals surface area contributed by atoms with E-state index in [9.17, 15) is 19.5 Å². The molecule has 0 spiro atoms. The van der Waals surface area contributed by atoms with Crippen molar-refractivity contribution in [2.75, 3.05) is 13.2 Å². The normalized spacial score (nSPS) is 19.8. The Morgan fingerprint density at radius 3 is 2.59 bits per heavy atom. The predicted molar refractivity (Wildman–Crippen MR) is 107 cm³/mol. The standard InChI is InChI=1S/C21H21ClN2O5/c1-13(25)14-4-3-5-18(10-14)29-12-17(26)11-24-19(27)21(2,23-20(24)28)15-6-8-16(22)9-7-15/h3-10,17,26H,11-12H2,1-2H3,(H,23,28)/t17-,21-/m0/s1. The molecule has 1 aliphatic heterocycles. The van der Waals surface area contributed by atoms with Crippen LogP contribution in [0.25, 0.3) is 0 Å². The lowest BCUT2D eigenvalue weighted by Crippen LogP contribution is -2.42. The number of ether oxygens (including phenoxy) is 1. The van der Waals surface area contributed by atoms with Gasteiger partial charge in [-0.3, -0.25) is 14.5 Å². The van der Waals surface area contributed by atoms with Crippen LogP contribution in [-0.4, -0.2) is 47.0 Å². The number of aliphatic hydroxyl groups is 1. The number of amides is 3. The van der Waals surface area contributed by atoms with E-state index in [2.05, 4.69) is 5.32 Å². The number of nitrogens with zero attached hydrogens (tertiary/aromatic N) is 1. The van der Waals surface area contributed by atoms with Gasteiger partial charge in [0.15, 0.2) is 5.78 Å². The van der Waals surface area contributed by atoms with Gasteiger partial charge in [-0.15, -0.1) is 0 Å². The van der Waals surface area contributed by atoms with E-state index in [1.54, 1.807) is 55.5 Å². The third-order valence-electron chi connectivity index (χ3n) is 4.77. The zero-order valence-electron chi connectivity index (χ0n) is 16.0. The molecule has 29 heavy (non-hydrogen) atoms. The lowest BCUT2D eigenvalue weighted by atomic mass is 9.92. The number of benzene rings is 2. The monoisotopic (exact) mass is 416 g/mol. The minimum atomic E-state index is -1.24. The number of rotatable bonds is 7. The van der Waals surface area contributed by atoms with Gasteiger partial charge in [-0.25, -0.2) is 4.79 Å². The molecule has 1 saturated heterocycles. The number of halogens is 1. The summed E-state index contributed by atoms with van der Waals surface area (Å²) in [6.45, 7) is 2.69. The van der Waals surface area contributed by atoms with Gasteiger partial charge in [-0.1, -0.05) is 35.9 Å². The molecule has 7 nitrogen and oxygen atoms in total. The van der Waals surface area contributed by atoms with E-state index in [1.807, 2.05) is 0 Å². The van der Waals surface area contributed by atoms with Crippen molar-refractivity contribution in [2.24, 2.45) is 0 Å². The number of imide groups is 1. The second-order valence-electron chi connectivity index (χ2n) is 7.03. The molecule has 2 atom stereocenters. The third kappa shape index (κ3) is 4.41. The molecule has 0 unspecified atom stereocenters. The summed E-state index contributed by atoms with van der Waals surface area (Å²) in [4.78, 5) is 37.6. The quantitative estimate of drug-likeness (QED) is 0.534. The largest absolute Gasteiger partial charge is 0.491 e. The van der Waals surface area contributed by atoms with Crippen LogP contribution in [0.15, 0.2) is 48.5 Å². The number of hydrogen-bond donors (Lipinski definition) is 2. The molecule has 8 heteroatoms. The second kappa shape index (κ2) is 8.23. The van der Waals surface area contributed by atoms with Crippen LogP contribution in [0.1, 0.15) is 29.8 Å². The number of urea groups is 1. The number of aliphatic hydroxyl groups excluding tert-OH is 1. The van der Waals surface area contributed by atoms with Gasteiger partial charge in [0.1, 0.15) is 24.0 Å². The maximum Gasteiger partial charge on any atom is 0.325 e. The molecule has 0 aromatic heterocycles. The van der Waals surface area contributed by atoms with Crippen molar-refractivity contribution in [1.82, 2.24) is 10.2 Å². The molecule has 0 aliphatic carbocycles. The van der Waals surface area contributed by atoms with Gasteiger partial charge in [0.25, 0.3) is 5.91 Å². The fraction of sp³-hybridized carbons (Fsp3) is 0.286. The first-order chi connectivity index (χ1) is 13.7. The summed E-state index contributed by atoms with van der Waals surface area (Å²) < 4.78 is 5.50. The number of carbonyl (C=O) groups excluding carboxylic acids is 3. The maximum absolute atomic E-state index is 12.9. The molecule has 0 radical (unpaired) electrons. The number of nitrogens with one attached hydrogen (secondary N) is 1. The molecule has 3 rings (SSSR count).